The average Bonchev–Trinajstić information content (AvgIpc) is 2.26. The Balaban J connectivity index is 3.29. The number of hydrogen-bond donors (Lipinski definition) is 2. The molecule has 1 unspecified atom stereocenters. The molecule has 0 radical (unpaired) electrons. The summed E-state index contributed by atoms with van der Waals surface area (Å²) >= 11 is 0. The number of aliphatic carboxylic acids is 1. The van der Waals surface area contributed by atoms with Gasteiger partial charge in [0.05, 0.1) is 0 Å². The molecule has 118 valence electrons. The van der Waals surface area contributed by atoms with Gasteiger partial charge in [-0.2, -0.15) is 26.3 Å². The van der Waals surface area contributed by atoms with E-state index >= 15 is 0 Å². The second kappa shape index (κ2) is 5.42. The Hall–Kier alpha value is -0.990. The van der Waals surface area contributed by atoms with Crippen molar-refractivity contribution in [2.45, 2.75) is 50.1 Å². The molecule has 0 saturated heterocycles. The summed E-state index contributed by atoms with van der Waals surface area (Å²) in [6.07, 6.45) is -11.0. The van der Waals surface area contributed by atoms with Crippen LogP contribution in [0.3, 0.4) is 0 Å². The number of hydrogen-bond acceptors (Lipinski definition) is 2. The van der Waals surface area contributed by atoms with Crippen LogP contribution in [0.5, 0.6) is 0 Å². The monoisotopic (exact) mass is 308 g/mol. The molecule has 1 fully saturated rings. The van der Waals surface area contributed by atoms with E-state index in [1.165, 1.54) is 0 Å². The number of aliphatic hydroxyl groups is 1. The predicted octanol–water partition coefficient (Wildman–Crippen LogP) is 3.12. The van der Waals surface area contributed by atoms with Gasteiger partial charge in [-0.3, -0.25) is 4.79 Å². The summed E-state index contributed by atoms with van der Waals surface area (Å²) in [5.74, 6) is -6.58. The minimum atomic E-state index is -6.11. The topological polar surface area (TPSA) is 57.5 Å². The summed E-state index contributed by atoms with van der Waals surface area (Å²) in [6.45, 7) is 0. The van der Waals surface area contributed by atoms with Gasteiger partial charge in [-0.1, -0.05) is 19.3 Å². The van der Waals surface area contributed by atoms with Crippen molar-refractivity contribution in [1.29, 1.82) is 0 Å². The Kier molecular flexibility index (Phi) is 4.62. The highest BCUT2D eigenvalue weighted by atomic mass is 19.4. The first-order valence-corrected chi connectivity index (χ1v) is 6.01. The molecule has 0 aromatic heterocycles. The summed E-state index contributed by atoms with van der Waals surface area (Å²) in [5, 5.41) is 18.1. The maximum Gasteiger partial charge on any atom is 0.427 e. The lowest BCUT2D eigenvalue weighted by atomic mass is 9.71. The molecule has 1 aliphatic rings. The molecule has 0 heterocycles. The van der Waals surface area contributed by atoms with Crippen LogP contribution >= 0.6 is 0 Å². The molecule has 1 atom stereocenters. The summed E-state index contributed by atoms with van der Waals surface area (Å²) in [4.78, 5) is 11.0. The highest BCUT2D eigenvalue weighted by Crippen LogP contribution is 2.51. The van der Waals surface area contributed by atoms with Crippen molar-refractivity contribution >= 4 is 5.97 Å². The van der Waals surface area contributed by atoms with Crippen LogP contribution in [0.1, 0.15) is 32.1 Å². The van der Waals surface area contributed by atoms with Crippen molar-refractivity contribution in [3.05, 3.63) is 0 Å². The van der Waals surface area contributed by atoms with E-state index in [1.807, 2.05) is 0 Å². The molecule has 0 aromatic carbocycles. The van der Waals surface area contributed by atoms with Crippen molar-refractivity contribution in [2.75, 3.05) is 0 Å². The van der Waals surface area contributed by atoms with Crippen molar-refractivity contribution in [1.82, 2.24) is 0 Å². The number of carboxylic acid groups (broad SMARTS) is 1. The second-order valence-electron chi connectivity index (χ2n) is 4.98. The molecular weight excluding hydrogens is 294 g/mol. The van der Waals surface area contributed by atoms with E-state index in [9.17, 15) is 36.2 Å². The third-order valence-electron chi connectivity index (χ3n) is 3.70. The number of alkyl halides is 6. The zero-order chi connectivity index (χ0) is 15.8. The Labute approximate surface area is 110 Å². The number of halogens is 6. The van der Waals surface area contributed by atoms with Gasteiger partial charge < -0.3 is 10.2 Å². The molecule has 1 rings (SSSR count). The van der Waals surface area contributed by atoms with Gasteiger partial charge in [0.2, 0.25) is 0 Å². The van der Waals surface area contributed by atoms with Gasteiger partial charge in [0, 0.05) is 0 Å². The summed E-state index contributed by atoms with van der Waals surface area (Å²) in [5.41, 5.74) is -5.23. The molecule has 0 aromatic rings. The van der Waals surface area contributed by atoms with Gasteiger partial charge in [-0.05, 0) is 18.8 Å². The van der Waals surface area contributed by atoms with Crippen molar-refractivity contribution < 1.29 is 41.4 Å². The quantitative estimate of drug-likeness (QED) is 0.788. The van der Waals surface area contributed by atoms with Crippen LogP contribution in [0.25, 0.3) is 0 Å². The Bertz CT molecular complexity index is 342. The number of carboxylic acids is 1. The van der Waals surface area contributed by atoms with Crippen LogP contribution in [0.15, 0.2) is 0 Å². The minimum absolute atomic E-state index is 0.0779. The van der Waals surface area contributed by atoms with E-state index in [-0.39, 0.29) is 12.8 Å². The van der Waals surface area contributed by atoms with Crippen LogP contribution in [0, 0.1) is 11.8 Å². The SMILES string of the molecule is O=C(O)C(C1CCCCC1)C(O)(C(F)(F)F)C(F)(F)F. The van der Waals surface area contributed by atoms with Crippen LogP contribution in [0.4, 0.5) is 26.3 Å². The van der Waals surface area contributed by atoms with Crippen LogP contribution < -0.4 is 0 Å². The van der Waals surface area contributed by atoms with E-state index in [2.05, 4.69) is 0 Å². The van der Waals surface area contributed by atoms with Gasteiger partial charge in [0.25, 0.3) is 5.60 Å². The van der Waals surface area contributed by atoms with Gasteiger partial charge >= 0.3 is 18.3 Å². The highest BCUT2D eigenvalue weighted by molar-refractivity contribution is 5.72. The molecule has 3 nitrogen and oxygen atoms in total. The molecule has 0 amide bonds. The molecule has 9 heteroatoms. The third-order valence-corrected chi connectivity index (χ3v) is 3.70. The lowest BCUT2D eigenvalue weighted by Gasteiger charge is -2.41. The van der Waals surface area contributed by atoms with Gasteiger partial charge in [-0.25, -0.2) is 0 Å². The lowest BCUT2D eigenvalue weighted by molar-refractivity contribution is -0.386. The molecule has 1 aliphatic carbocycles. The number of rotatable bonds is 3. The van der Waals surface area contributed by atoms with E-state index in [1.54, 1.807) is 0 Å². The zero-order valence-electron chi connectivity index (χ0n) is 10.3. The fourth-order valence-corrected chi connectivity index (χ4v) is 2.70. The van der Waals surface area contributed by atoms with Crippen LogP contribution in [-0.4, -0.2) is 34.1 Å². The summed E-state index contributed by atoms with van der Waals surface area (Å²) in [6, 6.07) is 0. The highest BCUT2D eigenvalue weighted by Gasteiger charge is 2.76. The maximum absolute atomic E-state index is 12.7. The fourth-order valence-electron chi connectivity index (χ4n) is 2.70. The van der Waals surface area contributed by atoms with Gasteiger partial charge in [-0.15, -0.1) is 0 Å². The maximum atomic E-state index is 12.7. The van der Waals surface area contributed by atoms with Crippen LogP contribution in [-0.2, 0) is 4.79 Å². The van der Waals surface area contributed by atoms with Crippen LogP contribution in [0.2, 0.25) is 0 Å². The Morgan fingerprint density at radius 1 is 0.950 bits per heavy atom. The largest absolute Gasteiger partial charge is 0.481 e. The second-order valence-corrected chi connectivity index (χ2v) is 4.98. The summed E-state index contributed by atoms with van der Waals surface area (Å²) in [7, 11) is 0. The summed E-state index contributed by atoms with van der Waals surface area (Å²) < 4.78 is 76.4. The standard InChI is InChI=1S/C11H14F6O3/c12-10(13,14)9(20,11(15,16)17)7(8(18)19)6-4-2-1-3-5-6/h6-7,20H,1-5H2,(H,18,19). The average molecular weight is 308 g/mol. The molecule has 0 aliphatic heterocycles. The fraction of sp³-hybridized carbons (Fsp3) is 0.909. The zero-order valence-corrected chi connectivity index (χ0v) is 10.3. The molecule has 1 saturated carbocycles. The predicted molar refractivity (Wildman–Crippen MR) is 54.8 cm³/mol. The first-order valence-electron chi connectivity index (χ1n) is 6.01. The van der Waals surface area contributed by atoms with E-state index in [0.29, 0.717) is 19.3 Å². The molecule has 0 spiro atoms. The molecule has 20 heavy (non-hydrogen) atoms. The van der Waals surface area contributed by atoms with Gasteiger partial charge in [0.1, 0.15) is 5.92 Å². The Morgan fingerprint density at radius 2 is 1.35 bits per heavy atom. The number of carbonyl (C=O) groups is 1. The van der Waals surface area contributed by atoms with Crippen molar-refractivity contribution in [3.8, 4) is 0 Å². The molecular formula is C11H14F6O3. The molecule has 2 N–H and O–H groups in total. The smallest absolute Gasteiger partial charge is 0.427 e. The van der Waals surface area contributed by atoms with Gasteiger partial charge in [0.15, 0.2) is 0 Å². The Morgan fingerprint density at radius 3 is 1.65 bits per heavy atom. The third kappa shape index (κ3) is 2.87. The van der Waals surface area contributed by atoms with Crippen molar-refractivity contribution in [2.24, 2.45) is 11.8 Å². The first-order chi connectivity index (χ1) is 8.93. The van der Waals surface area contributed by atoms with E-state index in [0.717, 1.165) is 0 Å². The van der Waals surface area contributed by atoms with E-state index < -0.39 is 35.8 Å². The lowest BCUT2D eigenvalue weighted by Crippen LogP contribution is -2.65. The minimum Gasteiger partial charge on any atom is -0.481 e. The van der Waals surface area contributed by atoms with Crippen molar-refractivity contribution in [3.63, 3.8) is 0 Å². The first kappa shape index (κ1) is 17.1. The van der Waals surface area contributed by atoms with E-state index in [4.69, 9.17) is 5.11 Å². The molecule has 0 bridgehead atoms. The normalized spacial score (nSPS) is 20.8.